The van der Waals surface area contributed by atoms with Gasteiger partial charge in [-0.25, -0.2) is 13.8 Å². The predicted molar refractivity (Wildman–Crippen MR) is 114 cm³/mol. The number of hydrogen-bond donors (Lipinski definition) is 1. The monoisotopic (exact) mass is 439 g/mol. The third-order valence-electron chi connectivity index (χ3n) is 5.51. The number of carbonyl (C=O) groups excluding carboxylic acids is 2. The number of anilines is 1. The second kappa shape index (κ2) is 8.57. The molecule has 1 amide bonds. The van der Waals surface area contributed by atoms with Gasteiger partial charge in [-0.05, 0) is 62.6 Å². The second-order valence-electron chi connectivity index (χ2n) is 8.28. The van der Waals surface area contributed by atoms with Gasteiger partial charge >= 0.3 is 0 Å². The van der Waals surface area contributed by atoms with E-state index in [1.165, 1.54) is 12.1 Å². The van der Waals surface area contributed by atoms with E-state index in [4.69, 9.17) is 0 Å². The van der Waals surface area contributed by atoms with Gasteiger partial charge in [0.1, 0.15) is 35.6 Å². The number of ketones is 1. The highest BCUT2D eigenvalue weighted by molar-refractivity contribution is 6.04. The van der Waals surface area contributed by atoms with Gasteiger partial charge in [0.25, 0.3) is 5.91 Å². The van der Waals surface area contributed by atoms with Crippen molar-refractivity contribution in [3.8, 4) is 11.5 Å². The molecule has 0 bridgehead atoms. The van der Waals surface area contributed by atoms with Crippen LogP contribution in [0.25, 0.3) is 11.5 Å². The molecule has 0 spiro atoms. The Bertz CT molecular complexity index is 1190. The van der Waals surface area contributed by atoms with Crippen LogP contribution in [0.5, 0.6) is 0 Å². The first-order valence-corrected chi connectivity index (χ1v) is 10.4. The van der Waals surface area contributed by atoms with Gasteiger partial charge < -0.3 is 9.88 Å². The Hall–Kier alpha value is -3.49. The number of pyridine rings is 1. The molecule has 166 valence electrons. The molecule has 0 radical (unpaired) electrons. The normalized spacial score (nSPS) is 17.4. The van der Waals surface area contributed by atoms with Crippen LogP contribution in [0.3, 0.4) is 0 Å². The summed E-state index contributed by atoms with van der Waals surface area (Å²) in [5.74, 6) is -1.45. The molecule has 0 aliphatic heterocycles. The molecule has 0 saturated heterocycles. The molecule has 4 rings (SSSR count). The fourth-order valence-corrected chi connectivity index (χ4v) is 3.51. The van der Waals surface area contributed by atoms with Gasteiger partial charge in [0, 0.05) is 12.5 Å². The van der Waals surface area contributed by atoms with Crippen molar-refractivity contribution in [2.45, 2.75) is 45.8 Å². The van der Waals surface area contributed by atoms with Gasteiger partial charge in [-0.2, -0.15) is 0 Å². The number of carbonyl (C=O) groups is 2. The lowest BCUT2D eigenvalue weighted by atomic mass is 9.98. The number of alkyl halides is 1. The van der Waals surface area contributed by atoms with Crippen LogP contribution in [0, 0.1) is 18.7 Å². The Morgan fingerprint density at radius 1 is 1.28 bits per heavy atom. The quantitative estimate of drug-likeness (QED) is 0.599. The van der Waals surface area contributed by atoms with E-state index in [-0.39, 0.29) is 36.0 Å². The largest absolute Gasteiger partial charge is 0.310 e. The number of halogens is 2. The average Bonchev–Trinajstić information content (AvgIpc) is 3.27. The summed E-state index contributed by atoms with van der Waals surface area (Å²) >= 11 is 0. The molecule has 2 aromatic heterocycles. The van der Waals surface area contributed by atoms with Crippen molar-refractivity contribution in [3.63, 3.8) is 0 Å². The van der Waals surface area contributed by atoms with Gasteiger partial charge in [-0.1, -0.05) is 6.07 Å². The van der Waals surface area contributed by atoms with E-state index in [1.54, 1.807) is 31.5 Å². The topological polar surface area (TPSA) is 89.8 Å². The summed E-state index contributed by atoms with van der Waals surface area (Å²) in [6.07, 6.45) is 0.713. The maximum absolute atomic E-state index is 14.6. The molecule has 2 heterocycles. The summed E-state index contributed by atoms with van der Waals surface area (Å²) in [6.45, 7) is 5.62. The van der Waals surface area contributed by atoms with Crippen molar-refractivity contribution in [2.24, 2.45) is 5.92 Å². The fraction of sp³-hybridized carbons (Fsp3) is 0.348. The molecular formula is C23H23F2N5O2. The highest BCUT2D eigenvalue weighted by Gasteiger charge is 2.43. The van der Waals surface area contributed by atoms with Crippen molar-refractivity contribution < 1.29 is 18.4 Å². The van der Waals surface area contributed by atoms with Gasteiger partial charge in [-0.3, -0.25) is 9.59 Å². The molecule has 7 nitrogen and oxygen atoms in total. The van der Waals surface area contributed by atoms with E-state index >= 15 is 0 Å². The maximum Gasteiger partial charge on any atom is 0.259 e. The molecule has 2 atom stereocenters. The number of Topliss-reactive ketones (excluding diaryl/α,β-unsaturated/α-hetero) is 1. The Morgan fingerprint density at radius 2 is 2.03 bits per heavy atom. The van der Waals surface area contributed by atoms with E-state index in [2.05, 4.69) is 20.5 Å². The van der Waals surface area contributed by atoms with E-state index < -0.39 is 23.8 Å². The van der Waals surface area contributed by atoms with Gasteiger partial charge in [0.05, 0.1) is 11.5 Å². The van der Waals surface area contributed by atoms with Crippen LogP contribution in [0.2, 0.25) is 0 Å². The van der Waals surface area contributed by atoms with Crippen molar-refractivity contribution in [1.82, 2.24) is 19.7 Å². The second-order valence-corrected chi connectivity index (χ2v) is 8.28. The van der Waals surface area contributed by atoms with Gasteiger partial charge in [0.15, 0.2) is 5.82 Å². The smallest absolute Gasteiger partial charge is 0.259 e. The standard InChI is InChI=1S/C23H23F2N5O2/c1-12(2)30-11-26-29-22(30)19-5-4-6-21(27-19)28-23(32)16-8-14(13(3)7-17(16)24)9-20(31)15-10-18(15)25/h4-8,11-12,15,18H,9-10H2,1-3H3,(H,27,28,32)/t15?,18-/m1/s1. The first-order chi connectivity index (χ1) is 15.2. The summed E-state index contributed by atoms with van der Waals surface area (Å²) in [7, 11) is 0. The number of nitrogens with zero attached hydrogens (tertiary/aromatic N) is 4. The van der Waals surface area contributed by atoms with Gasteiger partial charge in [-0.15, -0.1) is 10.2 Å². The molecule has 3 aromatic rings. The Balaban J connectivity index is 1.56. The Labute approximate surface area is 183 Å². The lowest BCUT2D eigenvalue weighted by molar-refractivity contribution is -0.120. The maximum atomic E-state index is 14.6. The van der Waals surface area contributed by atoms with Crippen LogP contribution in [0.15, 0.2) is 36.7 Å². The van der Waals surface area contributed by atoms with Crippen LogP contribution < -0.4 is 5.32 Å². The lowest BCUT2D eigenvalue weighted by Gasteiger charge is -2.12. The van der Waals surface area contributed by atoms with Crippen molar-refractivity contribution in [2.75, 3.05) is 5.32 Å². The minimum absolute atomic E-state index is 0.0317. The van der Waals surface area contributed by atoms with Crippen molar-refractivity contribution in [3.05, 3.63) is 59.2 Å². The predicted octanol–water partition coefficient (Wildman–Crippen LogP) is 4.09. The Morgan fingerprint density at radius 3 is 2.72 bits per heavy atom. The first-order valence-electron chi connectivity index (χ1n) is 10.4. The summed E-state index contributed by atoms with van der Waals surface area (Å²) in [6, 6.07) is 7.72. The number of aryl methyl sites for hydroxylation is 1. The summed E-state index contributed by atoms with van der Waals surface area (Å²) in [5, 5.41) is 10.6. The highest BCUT2D eigenvalue weighted by Crippen LogP contribution is 2.35. The third kappa shape index (κ3) is 4.42. The zero-order valence-corrected chi connectivity index (χ0v) is 18.0. The SMILES string of the molecule is Cc1cc(F)c(C(=O)Nc2cccc(-c3nncn3C(C)C)n2)cc1CC(=O)C1C[C@H]1F. The van der Waals surface area contributed by atoms with E-state index in [0.29, 0.717) is 22.6 Å². The summed E-state index contributed by atoms with van der Waals surface area (Å²) < 4.78 is 29.6. The zero-order chi connectivity index (χ0) is 23.0. The molecule has 32 heavy (non-hydrogen) atoms. The van der Waals surface area contributed by atoms with Crippen LogP contribution >= 0.6 is 0 Å². The first kappa shape index (κ1) is 21.7. The number of amides is 1. The Kier molecular flexibility index (Phi) is 5.82. The number of hydrogen-bond acceptors (Lipinski definition) is 5. The average molecular weight is 439 g/mol. The number of rotatable bonds is 7. The zero-order valence-electron chi connectivity index (χ0n) is 18.0. The molecule has 1 fully saturated rings. The molecule has 1 unspecified atom stereocenters. The highest BCUT2D eigenvalue weighted by atomic mass is 19.1. The van der Waals surface area contributed by atoms with E-state index in [0.717, 1.165) is 0 Å². The summed E-state index contributed by atoms with van der Waals surface area (Å²) in [5.41, 5.74) is 1.35. The molecular weight excluding hydrogens is 416 g/mol. The van der Waals surface area contributed by atoms with Crippen LogP contribution in [-0.4, -0.2) is 37.6 Å². The van der Waals surface area contributed by atoms with Gasteiger partial charge in [0.2, 0.25) is 0 Å². The molecule has 1 aliphatic rings. The molecule has 1 N–H and O–H groups in total. The molecule has 1 saturated carbocycles. The molecule has 1 aliphatic carbocycles. The van der Waals surface area contributed by atoms with Crippen LogP contribution in [-0.2, 0) is 11.2 Å². The minimum atomic E-state index is -1.09. The van der Waals surface area contributed by atoms with Crippen LogP contribution in [0.4, 0.5) is 14.6 Å². The third-order valence-corrected chi connectivity index (χ3v) is 5.51. The lowest BCUT2D eigenvalue weighted by Crippen LogP contribution is -2.17. The summed E-state index contributed by atoms with van der Waals surface area (Å²) in [4.78, 5) is 29.4. The van der Waals surface area contributed by atoms with Crippen LogP contribution in [0.1, 0.15) is 47.8 Å². The van der Waals surface area contributed by atoms with E-state index in [9.17, 15) is 18.4 Å². The fourth-order valence-electron chi connectivity index (χ4n) is 3.51. The number of benzene rings is 1. The molecule has 1 aromatic carbocycles. The number of nitrogens with one attached hydrogen (secondary N) is 1. The van der Waals surface area contributed by atoms with Crippen molar-refractivity contribution in [1.29, 1.82) is 0 Å². The van der Waals surface area contributed by atoms with Crippen molar-refractivity contribution >= 4 is 17.5 Å². The van der Waals surface area contributed by atoms with E-state index in [1.807, 2.05) is 18.4 Å². The number of aromatic nitrogens is 4. The molecule has 9 heteroatoms. The minimum Gasteiger partial charge on any atom is -0.310 e.